The third-order valence-electron chi connectivity index (χ3n) is 4.46. The fourth-order valence-corrected chi connectivity index (χ4v) is 4.08. The molecule has 0 fully saturated rings. The summed E-state index contributed by atoms with van der Waals surface area (Å²) < 4.78 is 0.598. The first-order valence-electron chi connectivity index (χ1n) is 8.99. The summed E-state index contributed by atoms with van der Waals surface area (Å²) in [5.41, 5.74) is 5.74. The molecular formula is C23H15ClIN3O2. The standard InChI is InChI=1S/C23H15ClIN3O2/c24-16-10-15(22(29)19(25)11-16)13-26-28-23(30)18-12-21(14-6-2-1-3-7-14)27-20-9-5-4-8-17(18)20/h1-13,29H,(H,28,30)/b26-13+. The van der Waals surface area contributed by atoms with Gasteiger partial charge >= 0.3 is 0 Å². The summed E-state index contributed by atoms with van der Waals surface area (Å²) in [5, 5.41) is 15.3. The number of carbonyl (C=O) groups is 1. The molecule has 5 nitrogen and oxygen atoms in total. The molecule has 3 aromatic carbocycles. The van der Waals surface area contributed by atoms with E-state index in [0.29, 0.717) is 25.4 Å². The molecule has 4 rings (SSSR count). The Morgan fingerprint density at radius 1 is 1.07 bits per heavy atom. The SMILES string of the molecule is O=C(N/N=C/c1cc(Cl)cc(I)c1O)c1cc(-c2ccccc2)nc2ccccc12. The molecule has 0 radical (unpaired) electrons. The van der Waals surface area contributed by atoms with E-state index >= 15 is 0 Å². The number of phenolic OH excluding ortho intramolecular Hbond substituents is 1. The van der Waals surface area contributed by atoms with Crippen LogP contribution in [-0.2, 0) is 0 Å². The Morgan fingerprint density at radius 3 is 2.60 bits per heavy atom. The highest BCUT2D eigenvalue weighted by Gasteiger charge is 2.13. The zero-order valence-corrected chi connectivity index (χ0v) is 18.4. The van der Waals surface area contributed by atoms with Crippen LogP contribution in [0.3, 0.4) is 0 Å². The molecule has 2 N–H and O–H groups in total. The van der Waals surface area contributed by atoms with Crippen LogP contribution in [0, 0.1) is 3.57 Å². The maximum Gasteiger partial charge on any atom is 0.272 e. The molecule has 0 atom stereocenters. The number of nitrogens with one attached hydrogen (secondary N) is 1. The van der Waals surface area contributed by atoms with Crippen molar-refractivity contribution < 1.29 is 9.90 Å². The zero-order valence-electron chi connectivity index (χ0n) is 15.5. The van der Waals surface area contributed by atoms with E-state index in [1.54, 1.807) is 18.2 Å². The van der Waals surface area contributed by atoms with Gasteiger partial charge in [-0.2, -0.15) is 5.10 Å². The van der Waals surface area contributed by atoms with Gasteiger partial charge in [0.05, 0.1) is 26.6 Å². The van der Waals surface area contributed by atoms with Gasteiger partial charge in [0.2, 0.25) is 0 Å². The smallest absolute Gasteiger partial charge is 0.272 e. The number of halogens is 2. The molecule has 0 aliphatic heterocycles. The number of hydrogen-bond donors (Lipinski definition) is 2. The molecule has 1 heterocycles. The summed E-state index contributed by atoms with van der Waals surface area (Å²) in [6.07, 6.45) is 1.36. The van der Waals surface area contributed by atoms with Crippen molar-refractivity contribution in [2.75, 3.05) is 0 Å². The number of phenols is 1. The molecule has 148 valence electrons. The van der Waals surface area contributed by atoms with Crippen molar-refractivity contribution in [3.05, 3.63) is 92.5 Å². The van der Waals surface area contributed by atoms with Gasteiger partial charge in [0.15, 0.2) is 0 Å². The predicted molar refractivity (Wildman–Crippen MR) is 128 cm³/mol. The van der Waals surface area contributed by atoms with Gasteiger partial charge in [0.25, 0.3) is 5.91 Å². The average Bonchev–Trinajstić information content (AvgIpc) is 2.76. The number of hydrogen-bond acceptors (Lipinski definition) is 4. The molecule has 0 spiro atoms. The van der Waals surface area contributed by atoms with Crippen molar-refractivity contribution in [2.24, 2.45) is 5.10 Å². The Morgan fingerprint density at radius 2 is 1.80 bits per heavy atom. The normalized spacial score (nSPS) is 11.1. The van der Waals surface area contributed by atoms with Crippen LogP contribution in [0.1, 0.15) is 15.9 Å². The number of aromatic hydroxyl groups is 1. The fourth-order valence-electron chi connectivity index (χ4n) is 3.03. The topological polar surface area (TPSA) is 74.6 Å². The van der Waals surface area contributed by atoms with Crippen LogP contribution in [0.25, 0.3) is 22.2 Å². The number of hydrazone groups is 1. The summed E-state index contributed by atoms with van der Waals surface area (Å²) in [4.78, 5) is 17.6. The van der Waals surface area contributed by atoms with Crippen molar-refractivity contribution in [3.63, 3.8) is 0 Å². The van der Waals surface area contributed by atoms with Gasteiger partial charge in [0.1, 0.15) is 5.75 Å². The maximum absolute atomic E-state index is 12.9. The highest BCUT2D eigenvalue weighted by molar-refractivity contribution is 14.1. The van der Waals surface area contributed by atoms with Crippen molar-refractivity contribution in [3.8, 4) is 17.0 Å². The first-order valence-corrected chi connectivity index (χ1v) is 10.5. The first kappa shape index (κ1) is 20.3. The number of nitrogens with zero attached hydrogens (tertiary/aromatic N) is 2. The molecule has 30 heavy (non-hydrogen) atoms. The quantitative estimate of drug-likeness (QED) is 0.205. The van der Waals surface area contributed by atoms with Crippen LogP contribution in [0.15, 0.2) is 77.9 Å². The fraction of sp³-hybridized carbons (Fsp3) is 0. The van der Waals surface area contributed by atoms with Crippen LogP contribution >= 0.6 is 34.2 Å². The molecule has 0 saturated heterocycles. The Hall–Kier alpha value is -2.97. The van der Waals surface area contributed by atoms with Gasteiger partial charge in [-0.15, -0.1) is 0 Å². The minimum Gasteiger partial charge on any atom is -0.506 e. The Kier molecular flexibility index (Phi) is 5.96. The number of fused-ring (bicyclic) bond motifs is 1. The Bertz CT molecular complexity index is 1280. The van der Waals surface area contributed by atoms with Gasteiger partial charge in [-0.05, 0) is 46.9 Å². The number of rotatable bonds is 4. The van der Waals surface area contributed by atoms with Crippen LogP contribution in [0.5, 0.6) is 5.75 Å². The van der Waals surface area contributed by atoms with Crippen molar-refractivity contribution in [2.45, 2.75) is 0 Å². The largest absolute Gasteiger partial charge is 0.506 e. The Labute approximate surface area is 191 Å². The van der Waals surface area contributed by atoms with Crippen molar-refractivity contribution >= 4 is 57.2 Å². The third-order valence-corrected chi connectivity index (χ3v) is 5.50. The molecule has 7 heteroatoms. The minimum absolute atomic E-state index is 0.0544. The second kappa shape index (κ2) is 8.81. The summed E-state index contributed by atoms with van der Waals surface area (Å²) in [7, 11) is 0. The van der Waals surface area contributed by atoms with Gasteiger partial charge in [0, 0.05) is 21.5 Å². The monoisotopic (exact) mass is 527 g/mol. The van der Waals surface area contributed by atoms with E-state index in [1.807, 2.05) is 77.2 Å². The number of benzene rings is 3. The van der Waals surface area contributed by atoms with Crippen molar-refractivity contribution in [1.29, 1.82) is 0 Å². The number of aromatic nitrogens is 1. The molecular weight excluding hydrogens is 513 g/mol. The van der Waals surface area contributed by atoms with Gasteiger partial charge < -0.3 is 5.11 Å². The number of carbonyl (C=O) groups excluding carboxylic acids is 1. The lowest BCUT2D eigenvalue weighted by Crippen LogP contribution is -2.18. The van der Waals surface area contributed by atoms with Gasteiger partial charge in [-0.3, -0.25) is 4.79 Å². The van der Waals surface area contributed by atoms with E-state index in [0.717, 1.165) is 16.5 Å². The molecule has 4 aromatic rings. The van der Waals surface area contributed by atoms with Gasteiger partial charge in [-0.25, -0.2) is 10.4 Å². The van der Waals surface area contributed by atoms with E-state index in [2.05, 4.69) is 15.5 Å². The number of amides is 1. The maximum atomic E-state index is 12.9. The number of pyridine rings is 1. The Balaban J connectivity index is 1.68. The molecule has 1 amide bonds. The average molecular weight is 528 g/mol. The minimum atomic E-state index is -0.377. The van der Waals surface area contributed by atoms with Gasteiger partial charge in [-0.1, -0.05) is 60.1 Å². The highest BCUT2D eigenvalue weighted by atomic mass is 127. The first-order chi connectivity index (χ1) is 14.5. The van der Waals surface area contributed by atoms with Crippen LogP contribution in [-0.4, -0.2) is 22.2 Å². The van der Waals surface area contributed by atoms with E-state index in [1.165, 1.54) is 6.21 Å². The highest BCUT2D eigenvalue weighted by Crippen LogP contribution is 2.27. The third kappa shape index (κ3) is 4.29. The second-order valence-corrected chi connectivity index (χ2v) is 8.06. The van der Waals surface area contributed by atoms with E-state index in [-0.39, 0.29) is 11.7 Å². The molecule has 0 aliphatic carbocycles. The van der Waals surface area contributed by atoms with Crippen LogP contribution in [0.4, 0.5) is 0 Å². The van der Waals surface area contributed by atoms with Crippen LogP contribution in [0.2, 0.25) is 5.02 Å². The summed E-state index contributed by atoms with van der Waals surface area (Å²) in [6.45, 7) is 0. The number of para-hydroxylation sites is 1. The molecule has 1 aromatic heterocycles. The van der Waals surface area contributed by atoms with E-state index in [4.69, 9.17) is 11.6 Å². The lowest BCUT2D eigenvalue weighted by atomic mass is 10.0. The van der Waals surface area contributed by atoms with E-state index < -0.39 is 0 Å². The zero-order chi connectivity index (χ0) is 21.1. The van der Waals surface area contributed by atoms with Crippen molar-refractivity contribution in [1.82, 2.24) is 10.4 Å². The van der Waals surface area contributed by atoms with E-state index in [9.17, 15) is 9.90 Å². The molecule has 0 aliphatic rings. The summed E-state index contributed by atoms with van der Waals surface area (Å²) in [6, 6.07) is 22.1. The molecule has 0 saturated carbocycles. The lowest BCUT2D eigenvalue weighted by molar-refractivity contribution is 0.0956. The summed E-state index contributed by atoms with van der Waals surface area (Å²) >= 11 is 8.01. The summed E-state index contributed by atoms with van der Waals surface area (Å²) in [5.74, 6) is -0.322. The predicted octanol–water partition coefficient (Wildman–Crippen LogP) is 5.63. The lowest BCUT2D eigenvalue weighted by Gasteiger charge is -2.09. The van der Waals surface area contributed by atoms with Crippen LogP contribution < -0.4 is 5.43 Å². The molecule has 0 unspecified atom stereocenters. The molecule has 0 bridgehead atoms. The second-order valence-electron chi connectivity index (χ2n) is 6.46.